The molecule has 0 aliphatic carbocycles. The standard InChI is InChI=1S/C31H40N4O6/c1-2-4-23(36)12-25(38)13-24(37)8-7-20-11-30(29(40)14-28(20)39)41-18-35-16-26-22(15-34-27(26)17-35)10-19-5-3-6-21(9-19)31(32)33/h3,5-6,9,11,14-15,17,23,25,31,36,38-40H,2,4,7-8,10,12-13,16,18,32-33H2,1H3/t23-,25+/m0/s1. The zero-order chi connectivity index (χ0) is 29.5. The van der Waals surface area contributed by atoms with Gasteiger partial charge in [0.15, 0.2) is 18.2 Å². The number of aryl methyl sites for hydroxylation is 1. The van der Waals surface area contributed by atoms with Crippen molar-refractivity contribution < 1.29 is 30.0 Å². The van der Waals surface area contributed by atoms with Crippen molar-refractivity contribution in [3.8, 4) is 17.2 Å². The number of aliphatic imine (C=N–C) groups is 1. The van der Waals surface area contributed by atoms with Crippen molar-refractivity contribution in [3.05, 3.63) is 76.1 Å². The summed E-state index contributed by atoms with van der Waals surface area (Å²) in [5.74, 6) is -0.325. The van der Waals surface area contributed by atoms with Crippen molar-refractivity contribution in [1.82, 2.24) is 4.90 Å². The largest absolute Gasteiger partial charge is 0.508 e. The van der Waals surface area contributed by atoms with Crippen molar-refractivity contribution in [2.45, 2.75) is 70.2 Å². The van der Waals surface area contributed by atoms with Gasteiger partial charge in [-0.3, -0.25) is 9.79 Å². The highest BCUT2D eigenvalue weighted by atomic mass is 16.5. The van der Waals surface area contributed by atoms with E-state index < -0.39 is 18.4 Å². The lowest BCUT2D eigenvalue weighted by atomic mass is 9.99. The number of hydrogen-bond acceptors (Lipinski definition) is 10. The summed E-state index contributed by atoms with van der Waals surface area (Å²) in [7, 11) is 0. The van der Waals surface area contributed by atoms with Crippen LogP contribution in [0.3, 0.4) is 0 Å². The summed E-state index contributed by atoms with van der Waals surface area (Å²) in [6.45, 7) is 2.69. The number of nitrogens with two attached hydrogens (primary N) is 2. The molecule has 0 amide bonds. The quantitative estimate of drug-likeness (QED) is 0.178. The summed E-state index contributed by atoms with van der Waals surface area (Å²) in [6, 6.07) is 10.6. The van der Waals surface area contributed by atoms with E-state index in [1.54, 1.807) is 0 Å². The minimum Gasteiger partial charge on any atom is -0.508 e. The molecule has 2 aromatic rings. The Hall–Kier alpha value is -3.70. The third kappa shape index (κ3) is 8.17. The molecule has 2 aliphatic heterocycles. The first-order valence-electron chi connectivity index (χ1n) is 14.0. The molecule has 0 fully saturated rings. The van der Waals surface area contributed by atoms with Gasteiger partial charge in [-0.2, -0.15) is 0 Å². The SMILES string of the molecule is CCC[C@H](O)C[C@@H](O)CC(=O)CCc1cc(OCN2C=C3N=CC(Cc4cccc(C(N)N)c4)=C3C2)c(O)cc1O. The smallest absolute Gasteiger partial charge is 0.164 e. The van der Waals surface area contributed by atoms with Gasteiger partial charge in [-0.1, -0.05) is 37.6 Å². The normalized spacial score (nSPS) is 15.9. The highest BCUT2D eigenvalue weighted by molar-refractivity contribution is 5.87. The van der Waals surface area contributed by atoms with E-state index in [2.05, 4.69) is 4.99 Å². The van der Waals surface area contributed by atoms with Gasteiger partial charge in [0, 0.05) is 43.4 Å². The monoisotopic (exact) mass is 564 g/mol. The number of fused-ring (bicyclic) bond motifs is 1. The van der Waals surface area contributed by atoms with Crippen LogP contribution in [0, 0.1) is 0 Å². The molecule has 0 unspecified atom stereocenters. The molecular formula is C31H40N4O6. The third-order valence-corrected chi connectivity index (χ3v) is 7.30. The Kier molecular flexibility index (Phi) is 10.2. The molecule has 10 heteroatoms. The Morgan fingerprint density at radius 3 is 2.68 bits per heavy atom. The summed E-state index contributed by atoms with van der Waals surface area (Å²) < 4.78 is 5.88. The average molecular weight is 565 g/mol. The van der Waals surface area contributed by atoms with Crippen LogP contribution >= 0.6 is 0 Å². The number of rotatable bonds is 15. The van der Waals surface area contributed by atoms with Crippen LogP contribution in [0.4, 0.5) is 0 Å². The number of aliphatic hydroxyl groups is 2. The molecule has 10 nitrogen and oxygen atoms in total. The van der Waals surface area contributed by atoms with Gasteiger partial charge in [0.1, 0.15) is 11.5 Å². The van der Waals surface area contributed by atoms with Crippen LogP contribution in [0.25, 0.3) is 0 Å². The van der Waals surface area contributed by atoms with Crippen molar-refractivity contribution in [2.24, 2.45) is 16.5 Å². The molecule has 0 saturated heterocycles. The lowest BCUT2D eigenvalue weighted by Gasteiger charge is -2.18. The number of ketones is 1. The van der Waals surface area contributed by atoms with Gasteiger partial charge in [0.2, 0.25) is 0 Å². The summed E-state index contributed by atoms with van der Waals surface area (Å²) in [4.78, 5) is 18.8. The van der Waals surface area contributed by atoms with Gasteiger partial charge in [0.05, 0.1) is 24.1 Å². The Labute approximate surface area is 240 Å². The number of hydrogen-bond donors (Lipinski definition) is 6. The number of benzene rings is 2. The maximum absolute atomic E-state index is 12.4. The second-order valence-electron chi connectivity index (χ2n) is 10.8. The molecule has 0 radical (unpaired) electrons. The minimum absolute atomic E-state index is 0.0566. The molecule has 2 atom stereocenters. The van der Waals surface area contributed by atoms with Crippen LogP contribution < -0.4 is 16.2 Å². The molecular weight excluding hydrogens is 524 g/mol. The van der Waals surface area contributed by atoms with Crippen molar-refractivity contribution >= 4 is 12.0 Å². The van der Waals surface area contributed by atoms with Gasteiger partial charge in [-0.15, -0.1) is 0 Å². The maximum Gasteiger partial charge on any atom is 0.164 e. The van der Waals surface area contributed by atoms with Crippen LogP contribution in [0.5, 0.6) is 17.2 Å². The number of nitrogens with zero attached hydrogens (tertiary/aromatic N) is 2. The fourth-order valence-corrected chi connectivity index (χ4v) is 5.10. The molecule has 0 spiro atoms. The van der Waals surface area contributed by atoms with Crippen molar-refractivity contribution in [2.75, 3.05) is 13.3 Å². The fourth-order valence-electron chi connectivity index (χ4n) is 5.10. The number of allylic oxidation sites excluding steroid dienone is 1. The van der Waals surface area contributed by atoms with Gasteiger partial charge >= 0.3 is 0 Å². The second kappa shape index (κ2) is 13.8. The average Bonchev–Trinajstić information content (AvgIpc) is 3.49. The molecule has 8 N–H and O–H groups in total. The first kappa shape index (κ1) is 30.3. The predicted octanol–water partition coefficient (Wildman–Crippen LogP) is 2.93. The number of aliphatic hydroxyl groups excluding tert-OH is 2. The lowest BCUT2D eigenvalue weighted by molar-refractivity contribution is -0.121. The maximum atomic E-state index is 12.4. The van der Waals surface area contributed by atoms with Gasteiger partial charge in [0.25, 0.3) is 0 Å². The number of carbonyl (C=O) groups is 1. The van der Waals surface area contributed by atoms with Crippen LogP contribution in [0.2, 0.25) is 0 Å². The summed E-state index contributed by atoms with van der Waals surface area (Å²) >= 11 is 0. The highest BCUT2D eigenvalue weighted by Gasteiger charge is 2.25. The topological polar surface area (TPSA) is 175 Å². The van der Waals surface area contributed by atoms with E-state index >= 15 is 0 Å². The number of Topliss-reactive ketones (excluding diaryl/α,β-unsaturated/α-hetero) is 1. The number of aromatic hydroxyl groups is 2. The molecule has 2 heterocycles. The van der Waals surface area contributed by atoms with Crippen LogP contribution in [0.15, 0.2) is 64.4 Å². The summed E-state index contributed by atoms with van der Waals surface area (Å²) in [6.07, 6.45) is 4.23. The molecule has 4 rings (SSSR count). The second-order valence-corrected chi connectivity index (χ2v) is 10.8. The van der Waals surface area contributed by atoms with Crippen molar-refractivity contribution in [3.63, 3.8) is 0 Å². The van der Waals surface area contributed by atoms with E-state index in [1.807, 2.05) is 48.5 Å². The zero-order valence-electron chi connectivity index (χ0n) is 23.4. The minimum atomic E-state index is -0.903. The molecule has 2 aliphatic rings. The van der Waals surface area contributed by atoms with E-state index in [9.17, 15) is 25.2 Å². The number of carbonyl (C=O) groups excluding carboxylic acids is 1. The van der Waals surface area contributed by atoms with E-state index in [0.29, 0.717) is 24.9 Å². The fraction of sp³-hybridized carbons (Fsp3) is 0.419. The Bertz CT molecular complexity index is 1340. The first-order valence-corrected chi connectivity index (χ1v) is 14.0. The predicted molar refractivity (Wildman–Crippen MR) is 156 cm³/mol. The van der Waals surface area contributed by atoms with E-state index in [1.165, 1.54) is 12.1 Å². The van der Waals surface area contributed by atoms with Gasteiger partial charge in [-0.25, -0.2) is 0 Å². The zero-order valence-corrected chi connectivity index (χ0v) is 23.4. The van der Waals surface area contributed by atoms with Crippen LogP contribution in [-0.4, -0.2) is 62.8 Å². The molecule has 0 bridgehead atoms. The summed E-state index contributed by atoms with van der Waals surface area (Å²) in [5.41, 5.74) is 17.1. The van der Waals surface area contributed by atoms with E-state index in [4.69, 9.17) is 16.2 Å². The van der Waals surface area contributed by atoms with E-state index in [0.717, 1.165) is 34.4 Å². The Morgan fingerprint density at radius 1 is 1.12 bits per heavy atom. The van der Waals surface area contributed by atoms with Crippen molar-refractivity contribution in [1.29, 1.82) is 0 Å². The number of phenols is 2. The Morgan fingerprint density at radius 2 is 1.93 bits per heavy atom. The summed E-state index contributed by atoms with van der Waals surface area (Å²) in [5, 5.41) is 40.6. The Balaban J connectivity index is 1.32. The van der Waals surface area contributed by atoms with Crippen LogP contribution in [0.1, 0.15) is 61.9 Å². The molecule has 0 saturated carbocycles. The molecule has 0 aromatic heterocycles. The first-order chi connectivity index (χ1) is 19.6. The van der Waals surface area contributed by atoms with Gasteiger partial charge in [-0.05, 0) is 54.0 Å². The van der Waals surface area contributed by atoms with E-state index in [-0.39, 0.29) is 55.4 Å². The molecule has 220 valence electrons. The molecule has 41 heavy (non-hydrogen) atoms. The highest BCUT2D eigenvalue weighted by Crippen LogP contribution is 2.35. The molecule has 2 aromatic carbocycles. The van der Waals surface area contributed by atoms with Crippen LogP contribution in [-0.2, 0) is 17.6 Å². The number of ether oxygens (including phenoxy) is 1. The number of phenolic OH excluding ortho intramolecular Hbond substituents is 2. The lowest BCUT2D eigenvalue weighted by Crippen LogP contribution is -2.22. The van der Waals surface area contributed by atoms with Gasteiger partial charge < -0.3 is 41.5 Å². The third-order valence-electron chi connectivity index (χ3n) is 7.30.